The molecule has 0 amide bonds. The average molecular weight is 182 g/mol. The van der Waals surface area contributed by atoms with Crippen LogP contribution in [0.2, 0.25) is 0 Å². The quantitative estimate of drug-likeness (QED) is 0.630. The Morgan fingerprint density at radius 2 is 2.18 bits per heavy atom. The molecule has 58 valence electrons. The van der Waals surface area contributed by atoms with Crippen molar-refractivity contribution in [1.29, 1.82) is 0 Å². The van der Waals surface area contributed by atoms with Crippen LogP contribution >= 0.6 is 23.1 Å². The van der Waals surface area contributed by atoms with Gasteiger partial charge in [0.25, 0.3) is 0 Å². The zero-order valence-corrected chi connectivity index (χ0v) is 7.83. The first kappa shape index (κ1) is 7.44. The van der Waals surface area contributed by atoms with Gasteiger partial charge in [0.05, 0.1) is 4.21 Å². The lowest BCUT2D eigenvalue weighted by atomic mass is 10.3. The Morgan fingerprint density at radius 3 is 2.82 bits per heavy atom. The minimum atomic E-state index is 0.814. The second-order valence-electron chi connectivity index (χ2n) is 2.61. The predicted octanol–water partition coefficient (Wildman–Crippen LogP) is 3.56. The maximum Gasteiger partial charge on any atom is 0.0601 e. The van der Waals surface area contributed by atoms with E-state index in [2.05, 4.69) is 29.7 Å². The molecule has 0 radical (unpaired) electrons. The van der Waals surface area contributed by atoms with Crippen LogP contribution in [0, 0.1) is 0 Å². The summed E-state index contributed by atoms with van der Waals surface area (Å²) in [5.74, 6) is 0. The lowest BCUT2D eigenvalue weighted by Crippen LogP contribution is -1.91. The van der Waals surface area contributed by atoms with Gasteiger partial charge >= 0.3 is 0 Å². The number of thioether (sulfide) groups is 1. The van der Waals surface area contributed by atoms with Crippen LogP contribution in [0.25, 0.3) is 0 Å². The predicted molar refractivity (Wildman–Crippen MR) is 52.3 cm³/mol. The number of hydrogen-bond donors (Lipinski definition) is 0. The topological polar surface area (TPSA) is 0 Å². The highest BCUT2D eigenvalue weighted by atomic mass is 32.2. The molecule has 0 bridgehead atoms. The summed E-state index contributed by atoms with van der Waals surface area (Å²) >= 11 is 3.86. The van der Waals surface area contributed by atoms with Crippen molar-refractivity contribution in [3.8, 4) is 0 Å². The van der Waals surface area contributed by atoms with Gasteiger partial charge in [-0.15, -0.1) is 23.1 Å². The first-order valence-electron chi connectivity index (χ1n) is 3.80. The maximum atomic E-state index is 2.28. The van der Waals surface area contributed by atoms with Gasteiger partial charge in [0.1, 0.15) is 0 Å². The van der Waals surface area contributed by atoms with Crippen LogP contribution in [-0.2, 0) is 0 Å². The van der Waals surface area contributed by atoms with E-state index in [0.717, 1.165) is 5.25 Å². The normalized spacial score (nSPS) is 17.8. The van der Waals surface area contributed by atoms with E-state index in [0.29, 0.717) is 0 Å². The van der Waals surface area contributed by atoms with Gasteiger partial charge in [-0.2, -0.15) is 0 Å². The van der Waals surface area contributed by atoms with Crippen molar-refractivity contribution in [2.24, 2.45) is 0 Å². The summed E-state index contributed by atoms with van der Waals surface area (Å²) in [5, 5.41) is 2.96. The Morgan fingerprint density at radius 1 is 1.36 bits per heavy atom. The Labute approximate surface area is 75.3 Å². The van der Waals surface area contributed by atoms with Crippen LogP contribution in [0.1, 0.15) is 12.8 Å². The first-order chi connectivity index (χ1) is 5.45. The summed E-state index contributed by atoms with van der Waals surface area (Å²) in [4.78, 5) is 0. The number of rotatable bonds is 2. The lowest BCUT2D eigenvalue weighted by molar-refractivity contribution is 0.954. The first-order valence-corrected chi connectivity index (χ1v) is 5.56. The van der Waals surface area contributed by atoms with Crippen LogP contribution in [0.5, 0.6) is 0 Å². The number of thiophene rings is 1. The highest BCUT2D eigenvalue weighted by Gasteiger charge is 2.11. The van der Waals surface area contributed by atoms with E-state index < -0.39 is 0 Å². The van der Waals surface area contributed by atoms with Crippen molar-refractivity contribution in [1.82, 2.24) is 0 Å². The fourth-order valence-corrected chi connectivity index (χ4v) is 3.33. The Hall–Kier alpha value is -0.210. The van der Waals surface area contributed by atoms with Crippen molar-refractivity contribution in [3.63, 3.8) is 0 Å². The van der Waals surface area contributed by atoms with E-state index in [1.54, 1.807) is 0 Å². The van der Waals surface area contributed by atoms with E-state index in [9.17, 15) is 0 Å². The molecule has 0 atom stereocenters. The minimum absolute atomic E-state index is 0.814. The number of hydrogen-bond acceptors (Lipinski definition) is 2. The molecule has 1 heterocycles. The van der Waals surface area contributed by atoms with Gasteiger partial charge in [0.2, 0.25) is 0 Å². The summed E-state index contributed by atoms with van der Waals surface area (Å²) in [6, 6.07) is 4.32. The largest absolute Gasteiger partial charge is 0.137 e. The molecule has 0 saturated carbocycles. The second kappa shape index (κ2) is 3.46. The maximum absolute atomic E-state index is 2.28. The molecule has 1 aromatic rings. The summed E-state index contributed by atoms with van der Waals surface area (Å²) in [7, 11) is 0. The third-order valence-corrected chi connectivity index (χ3v) is 4.07. The van der Waals surface area contributed by atoms with Gasteiger partial charge in [-0.05, 0) is 24.3 Å². The van der Waals surface area contributed by atoms with E-state index in [-0.39, 0.29) is 0 Å². The van der Waals surface area contributed by atoms with Crippen molar-refractivity contribution in [3.05, 3.63) is 29.7 Å². The van der Waals surface area contributed by atoms with Crippen molar-refractivity contribution in [2.45, 2.75) is 22.3 Å². The molecule has 1 aromatic heterocycles. The van der Waals surface area contributed by atoms with Crippen LogP contribution in [0.15, 0.2) is 33.9 Å². The monoisotopic (exact) mass is 182 g/mol. The van der Waals surface area contributed by atoms with Crippen molar-refractivity contribution < 1.29 is 0 Å². The van der Waals surface area contributed by atoms with E-state index in [1.807, 2.05) is 23.1 Å². The van der Waals surface area contributed by atoms with E-state index in [4.69, 9.17) is 0 Å². The van der Waals surface area contributed by atoms with Crippen LogP contribution < -0.4 is 0 Å². The molecule has 0 N–H and O–H groups in total. The Balaban J connectivity index is 1.91. The van der Waals surface area contributed by atoms with Crippen molar-refractivity contribution in [2.75, 3.05) is 0 Å². The van der Waals surface area contributed by atoms with Gasteiger partial charge in [-0.25, -0.2) is 0 Å². The molecular weight excluding hydrogens is 172 g/mol. The minimum Gasteiger partial charge on any atom is -0.137 e. The van der Waals surface area contributed by atoms with Gasteiger partial charge in [-0.1, -0.05) is 18.2 Å². The van der Waals surface area contributed by atoms with Crippen LogP contribution in [0.3, 0.4) is 0 Å². The molecule has 1 aliphatic carbocycles. The fourth-order valence-electron chi connectivity index (χ4n) is 1.18. The summed E-state index contributed by atoms with van der Waals surface area (Å²) in [6.45, 7) is 0. The Kier molecular flexibility index (Phi) is 2.34. The molecule has 0 fully saturated rings. The third-order valence-electron chi connectivity index (χ3n) is 1.74. The highest BCUT2D eigenvalue weighted by molar-refractivity contribution is 8.01. The molecular formula is C9H10S2. The van der Waals surface area contributed by atoms with E-state index >= 15 is 0 Å². The highest BCUT2D eigenvalue weighted by Crippen LogP contribution is 2.33. The lowest BCUT2D eigenvalue weighted by Gasteiger charge is -2.04. The average Bonchev–Trinajstić information content (AvgIpc) is 2.60. The Bertz CT molecular complexity index is 228. The number of allylic oxidation sites excluding steroid dienone is 2. The zero-order chi connectivity index (χ0) is 7.52. The standard InChI is InChI=1S/C9H10S2/c1-2-5-8(4-1)11-9-6-3-7-10-9/h1-3,6-8H,4-5H2. The molecule has 1 aliphatic rings. The van der Waals surface area contributed by atoms with Crippen LogP contribution in [0.4, 0.5) is 0 Å². The molecule has 0 aliphatic heterocycles. The molecule has 2 heteroatoms. The molecule has 2 rings (SSSR count). The molecule has 0 unspecified atom stereocenters. The van der Waals surface area contributed by atoms with Gasteiger partial charge in [-0.3, -0.25) is 0 Å². The van der Waals surface area contributed by atoms with E-state index in [1.165, 1.54) is 17.1 Å². The molecule has 11 heavy (non-hydrogen) atoms. The van der Waals surface area contributed by atoms with Gasteiger partial charge in [0.15, 0.2) is 0 Å². The molecule has 0 aromatic carbocycles. The molecule has 0 spiro atoms. The van der Waals surface area contributed by atoms with Crippen molar-refractivity contribution >= 4 is 23.1 Å². The van der Waals surface area contributed by atoms with Gasteiger partial charge in [0, 0.05) is 5.25 Å². The zero-order valence-electron chi connectivity index (χ0n) is 6.19. The summed E-state index contributed by atoms with van der Waals surface area (Å²) in [6.07, 6.45) is 7.07. The summed E-state index contributed by atoms with van der Waals surface area (Å²) < 4.78 is 1.46. The smallest absolute Gasteiger partial charge is 0.0601 e. The molecule has 0 saturated heterocycles. The fraction of sp³-hybridized carbons (Fsp3) is 0.333. The third kappa shape index (κ3) is 1.88. The second-order valence-corrected chi connectivity index (χ2v) is 5.16. The molecule has 0 nitrogen and oxygen atoms in total. The SMILES string of the molecule is C1=CCC(Sc2cccs2)C1. The van der Waals surface area contributed by atoms with Gasteiger partial charge < -0.3 is 0 Å². The summed E-state index contributed by atoms with van der Waals surface area (Å²) in [5.41, 5.74) is 0. The van der Waals surface area contributed by atoms with Crippen LogP contribution in [-0.4, -0.2) is 5.25 Å².